The van der Waals surface area contributed by atoms with Crippen molar-refractivity contribution in [2.45, 2.75) is 12.8 Å². The molecule has 0 unspecified atom stereocenters. The van der Waals surface area contributed by atoms with Crippen molar-refractivity contribution in [2.75, 3.05) is 23.9 Å². The Labute approximate surface area is 133 Å². The highest BCUT2D eigenvalue weighted by Crippen LogP contribution is 2.33. The van der Waals surface area contributed by atoms with Gasteiger partial charge in [0, 0.05) is 37.1 Å². The van der Waals surface area contributed by atoms with E-state index in [-0.39, 0.29) is 17.5 Å². The molecule has 1 fully saturated rings. The predicted octanol–water partition coefficient (Wildman–Crippen LogP) is 1.86. The standard InChI is InChI=1S/C16H16N4O3/c1-23-14-9-11(19-16(22)12-10-17-6-7-18-12)4-5-13(14)20-8-2-3-15(20)21/h4-7,9-10H,2-3,8H2,1H3,(H,19,22). The number of ether oxygens (including phenoxy) is 1. The van der Waals surface area contributed by atoms with Crippen molar-refractivity contribution in [2.24, 2.45) is 0 Å². The maximum absolute atomic E-state index is 12.1. The number of amides is 2. The monoisotopic (exact) mass is 312 g/mol. The van der Waals surface area contributed by atoms with Crippen molar-refractivity contribution >= 4 is 23.2 Å². The van der Waals surface area contributed by atoms with Crippen molar-refractivity contribution in [1.29, 1.82) is 0 Å². The van der Waals surface area contributed by atoms with E-state index in [1.165, 1.54) is 25.7 Å². The first-order valence-electron chi connectivity index (χ1n) is 7.25. The molecule has 0 radical (unpaired) electrons. The molecule has 1 aliphatic heterocycles. The Morgan fingerprint density at radius 1 is 1.35 bits per heavy atom. The summed E-state index contributed by atoms with van der Waals surface area (Å²) in [4.78, 5) is 33.5. The smallest absolute Gasteiger partial charge is 0.275 e. The van der Waals surface area contributed by atoms with Crippen molar-refractivity contribution in [3.8, 4) is 5.75 Å². The maximum atomic E-state index is 12.1. The van der Waals surface area contributed by atoms with Crippen LogP contribution in [-0.2, 0) is 4.79 Å². The molecular weight excluding hydrogens is 296 g/mol. The zero-order valence-electron chi connectivity index (χ0n) is 12.7. The molecule has 0 atom stereocenters. The summed E-state index contributed by atoms with van der Waals surface area (Å²) >= 11 is 0. The fourth-order valence-corrected chi connectivity index (χ4v) is 2.49. The van der Waals surface area contributed by atoms with Crippen molar-refractivity contribution in [3.63, 3.8) is 0 Å². The molecule has 1 N–H and O–H groups in total. The lowest BCUT2D eigenvalue weighted by Crippen LogP contribution is -2.24. The number of hydrogen-bond acceptors (Lipinski definition) is 5. The molecule has 1 aromatic carbocycles. The fraction of sp³-hybridized carbons (Fsp3) is 0.250. The number of hydrogen-bond donors (Lipinski definition) is 1. The Morgan fingerprint density at radius 2 is 2.22 bits per heavy atom. The van der Waals surface area contributed by atoms with Gasteiger partial charge in [-0.1, -0.05) is 0 Å². The molecule has 1 aromatic heterocycles. The maximum Gasteiger partial charge on any atom is 0.275 e. The first-order chi connectivity index (χ1) is 11.2. The molecule has 23 heavy (non-hydrogen) atoms. The third kappa shape index (κ3) is 3.13. The molecule has 1 aliphatic rings. The van der Waals surface area contributed by atoms with E-state index < -0.39 is 0 Å². The van der Waals surface area contributed by atoms with Gasteiger partial charge in [-0.05, 0) is 18.6 Å². The van der Waals surface area contributed by atoms with Gasteiger partial charge in [-0.15, -0.1) is 0 Å². The summed E-state index contributed by atoms with van der Waals surface area (Å²) in [5.74, 6) is 0.266. The minimum Gasteiger partial charge on any atom is -0.494 e. The van der Waals surface area contributed by atoms with E-state index >= 15 is 0 Å². The van der Waals surface area contributed by atoms with E-state index in [1.807, 2.05) is 0 Å². The Kier molecular flexibility index (Phi) is 4.18. The van der Waals surface area contributed by atoms with Crippen molar-refractivity contribution in [3.05, 3.63) is 42.5 Å². The number of rotatable bonds is 4. The third-order valence-electron chi connectivity index (χ3n) is 3.60. The van der Waals surface area contributed by atoms with Crippen LogP contribution in [0.5, 0.6) is 5.75 Å². The molecule has 1 saturated heterocycles. The predicted molar refractivity (Wildman–Crippen MR) is 84.6 cm³/mol. The number of carbonyl (C=O) groups is 2. The van der Waals surface area contributed by atoms with Crippen LogP contribution < -0.4 is 15.0 Å². The van der Waals surface area contributed by atoms with Crippen LogP contribution in [0.1, 0.15) is 23.3 Å². The van der Waals surface area contributed by atoms with Gasteiger partial charge in [0.15, 0.2) is 0 Å². The highest BCUT2D eigenvalue weighted by molar-refractivity contribution is 6.03. The number of carbonyl (C=O) groups excluding carboxylic acids is 2. The average molecular weight is 312 g/mol. The first-order valence-corrected chi connectivity index (χ1v) is 7.25. The SMILES string of the molecule is COc1cc(NC(=O)c2cnccn2)ccc1N1CCCC1=O. The quantitative estimate of drug-likeness (QED) is 0.931. The molecule has 118 valence electrons. The summed E-state index contributed by atoms with van der Waals surface area (Å²) in [7, 11) is 1.54. The van der Waals surface area contributed by atoms with Gasteiger partial charge >= 0.3 is 0 Å². The second-order valence-electron chi connectivity index (χ2n) is 5.08. The molecule has 0 bridgehead atoms. The zero-order valence-corrected chi connectivity index (χ0v) is 12.7. The van der Waals surface area contributed by atoms with Gasteiger partial charge in [0.05, 0.1) is 19.0 Å². The van der Waals surface area contributed by atoms with Crippen molar-refractivity contribution < 1.29 is 14.3 Å². The zero-order chi connectivity index (χ0) is 16.2. The van der Waals surface area contributed by atoms with Crippen LogP contribution in [0.25, 0.3) is 0 Å². The molecule has 0 spiro atoms. The van der Waals surface area contributed by atoms with Crippen LogP contribution >= 0.6 is 0 Å². The summed E-state index contributed by atoms with van der Waals surface area (Å²) in [5.41, 5.74) is 1.51. The molecule has 7 nitrogen and oxygen atoms in total. The van der Waals surface area contributed by atoms with Crippen LogP contribution in [0, 0.1) is 0 Å². The highest BCUT2D eigenvalue weighted by atomic mass is 16.5. The number of anilines is 2. The lowest BCUT2D eigenvalue weighted by molar-refractivity contribution is -0.117. The van der Waals surface area contributed by atoms with Gasteiger partial charge in [-0.2, -0.15) is 0 Å². The van der Waals surface area contributed by atoms with E-state index in [9.17, 15) is 9.59 Å². The Morgan fingerprint density at radius 3 is 2.87 bits per heavy atom. The summed E-state index contributed by atoms with van der Waals surface area (Å²) in [5, 5.41) is 2.74. The number of nitrogens with zero attached hydrogens (tertiary/aromatic N) is 3. The van der Waals surface area contributed by atoms with E-state index in [2.05, 4.69) is 15.3 Å². The van der Waals surface area contributed by atoms with Crippen LogP contribution in [0.3, 0.4) is 0 Å². The second-order valence-corrected chi connectivity index (χ2v) is 5.08. The molecule has 7 heteroatoms. The van der Waals surface area contributed by atoms with E-state index in [0.29, 0.717) is 30.1 Å². The van der Waals surface area contributed by atoms with Gasteiger partial charge in [0.25, 0.3) is 5.91 Å². The number of nitrogens with one attached hydrogen (secondary N) is 1. The van der Waals surface area contributed by atoms with Crippen LogP contribution in [-0.4, -0.2) is 35.4 Å². The average Bonchev–Trinajstić information content (AvgIpc) is 3.01. The van der Waals surface area contributed by atoms with Gasteiger partial charge in [-0.3, -0.25) is 14.6 Å². The lowest BCUT2D eigenvalue weighted by Gasteiger charge is -2.19. The Bertz CT molecular complexity index is 733. The van der Waals surface area contributed by atoms with Gasteiger partial charge < -0.3 is 15.0 Å². The Balaban J connectivity index is 1.82. The molecule has 2 aromatic rings. The van der Waals surface area contributed by atoms with Crippen molar-refractivity contribution in [1.82, 2.24) is 9.97 Å². The largest absolute Gasteiger partial charge is 0.494 e. The fourth-order valence-electron chi connectivity index (χ4n) is 2.49. The molecule has 0 aliphatic carbocycles. The topological polar surface area (TPSA) is 84.4 Å². The summed E-state index contributed by atoms with van der Waals surface area (Å²) in [6.07, 6.45) is 5.74. The van der Waals surface area contributed by atoms with Crippen LogP contribution in [0.15, 0.2) is 36.8 Å². The summed E-state index contributed by atoms with van der Waals surface area (Å²) < 4.78 is 5.36. The van der Waals surface area contributed by atoms with E-state index in [4.69, 9.17) is 4.74 Å². The van der Waals surface area contributed by atoms with Gasteiger partial charge in [0.1, 0.15) is 11.4 Å². The number of aromatic nitrogens is 2. The number of benzene rings is 1. The third-order valence-corrected chi connectivity index (χ3v) is 3.60. The molecule has 0 saturated carbocycles. The summed E-state index contributed by atoms with van der Waals surface area (Å²) in [6.45, 7) is 0.681. The van der Waals surface area contributed by atoms with Gasteiger partial charge in [-0.25, -0.2) is 4.98 Å². The van der Waals surface area contributed by atoms with Crippen LogP contribution in [0.2, 0.25) is 0 Å². The second kappa shape index (κ2) is 6.43. The van der Waals surface area contributed by atoms with Crippen LogP contribution in [0.4, 0.5) is 11.4 Å². The highest BCUT2D eigenvalue weighted by Gasteiger charge is 2.24. The van der Waals surface area contributed by atoms with E-state index in [0.717, 1.165) is 6.42 Å². The molecular formula is C16H16N4O3. The minimum atomic E-state index is -0.356. The molecule has 2 amide bonds. The summed E-state index contributed by atoms with van der Waals surface area (Å²) in [6, 6.07) is 5.20. The van der Waals surface area contributed by atoms with Gasteiger partial charge in [0.2, 0.25) is 5.91 Å². The Hall–Kier alpha value is -2.96. The normalized spacial score (nSPS) is 14.0. The minimum absolute atomic E-state index is 0.0830. The lowest BCUT2D eigenvalue weighted by atomic mass is 10.2. The van der Waals surface area contributed by atoms with E-state index in [1.54, 1.807) is 23.1 Å². The number of methoxy groups -OCH3 is 1. The first kappa shape index (κ1) is 15.0. The molecule has 2 heterocycles. The molecule has 3 rings (SSSR count).